The van der Waals surface area contributed by atoms with Gasteiger partial charge >= 0.3 is 0 Å². The van der Waals surface area contributed by atoms with Crippen molar-refractivity contribution >= 4 is 6.08 Å². The van der Waals surface area contributed by atoms with E-state index in [-0.39, 0.29) is 5.75 Å². The largest absolute Gasteiger partial charge is 0.504 e. The summed E-state index contributed by atoms with van der Waals surface area (Å²) in [6.07, 6.45) is 5.28. The van der Waals surface area contributed by atoms with E-state index in [9.17, 15) is 5.11 Å². The monoisotopic (exact) mass is 249 g/mol. The summed E-state index contributed by atoms with van der Waals surface area (Å²) in [5, 5.41) is 13.0. The smallest absolute Gasteiger partial charge is 0.161 e. The second-order valence-electron chi connectivity index (χ2n) is 4.26. The van der Waals surface area contributed by atoms with Crippen LogP contribution in [0.3, 0.4) is 0 Å². The minimum absolute atomic E-state index is 0.186. The lowest BCUT2D eigenvalue weighted by atomic mass is 10.1. The van der Waals surface area contributed by atoms with E-state index in [0.29, 0.717) is 18.4 Å². The minimum atomic E-state index is 0.186. The van der Waals surface area contributed by atoms with Crippen LogP contribution >= 0.6 is 0 Å². The number of nitrogens with one attached hydrogen (secondary N) is 1. The molecule has 0 aliphatic rings. The maximum absolute atomic E-state index is 9.60. The van der Waals surface area contributed by atoms with Crippen molar-refractivity contribution in [2.45, 2.75) is 33.2 Å². The number of phenols is 1. The van der Waals surface area contributed by atoms with Gasteiger partial charge in [0.15, 0.2) is 11.5 Å². The topological polar surface area (TPSA) is 41.5 Å². The van der Waals surface area contributed by atoms with E-state index in [4.69, 9.17) is 4.74 Å². The number of aromatic hydroxyl groups is 1. The Labute approximate surface area is 109 Å². The molecule has 0 saturated carbocycles. The Morgan fingerprint density at radius 2 is 2.17 bits per heavy atom. The molecule has 0 aliphatic heterocycles. The number of rotatable bonds is 7. The summed E-state index contributed by atoms with van der Waals surface area (Å²) in [5.41, 5.74) is 1.03. The highest BCUT2D eigenvalue weighted by molar-refractivity contribution is 5.55. The quantitative estimate of drug-likeness (QED) is 0.779. The van der Waals surface area contributed by atoms with Gasteiger partial charge in [-0.3, -0.25) is 0 Å². The molecule has 0 radical (unpaired) electrons. The first-order chi connectivity index (χ1) is 8.67. The number of phenolic OH excluding ortho intramolecular Hbond substituents is 1. The fourth-order valence-corrected chi connectivity index (χ4v) is 1.60. The molecule has 1 rings (SSSR count). The third-order valence-corrected chi connectivity index (χ3v) is 2.58. The van der Waals surface area contributed by atoms with Crippen LogP contribution in [-0.2, 0) is 0 Å². The van der Waals surface area contributed by atoms with Crippen LogP contribution in [-0.4, -0.2) is 24.3 Å². The summed E-state index contributed by atoms with van der Waals surface area (Å²) in [6, 6.07) is 5.73. The van der Waals surface area contributed by atoms with E-state index in [1.165, 1.54) is 0 Å². The molecule has 0 spiro atoms. The summed E-state index contributed by atoms with van der Waals surface area (Å²) >= 11 is 0. The lowest BCUT2D eigenvalue weighted by Crippen LogP contribution is -2.24. The third-order valence-electron chi connectivity index (χ3n) is 2.58. The predicted molar refractivity (Wildman–Crippen MR) is 76.1 cm³/mol. The number of ether oxygens (including phenoxy) is 1. The van der Waals surface area contributed by atoms with E-state index < -0.39 is 0 Å². The minimum Gasteiger partial charge on any atom is -0.504 e. The summed E-state index contributed by atoms with van der Waals surface area (Å²) in [5.74, 6) is 0.722. The molecule has 0 aromatic heterocycles. The van der Waals surface area contributed by atoms with Gasteiger partial charge in [0.2, 0.25) is 0 Å². The summed E-state index contributed by atoms with van der Waals surface area (Å²) in [6.45, 7) is 7.74. The van der Waals surface area contributed by atoms with Gasteiger partial charge in [-0.15, -0.1) is 0 Å². The van der Waals surface area contributed by atoms with E-state index in [0.717, 1.165) is 18.5 Å². The zero-order chi connectivity index (χ0) is 13.4. The molecule has 1 aromatic carbocycles. The molecule has 3 nitrogen and oxygen atoms in total. The van der Waals surface area contributed by atoms with Gasteiger partial charge in [-0.05, 0) is 44.5 Å². The molecule has 1 unspecified atom stereocenters. The Morgan fingerprint density at radius 1 is 1.39 bits per heavy atom. The van der Waals surface area contributed by atoms with Crippen LogP contribution in [0.4, 0.5) is 0 Å². The van der Waals surface area contributed by atoms with E-state index >= 15 is 0 Å². The molecule has 0 saturated heterocycles. The van der Waals surface area contributed by atoms with Crippen molar-refractivity contribution in [2.24, 2.45) is 0 Å². The molecular weight excluding hydrogens is 226 g/mol. The molecule has 3 heteroatoms. The molecule has 2 N–H and O–H groups in total. The summed E-state index contributed by atoms with van der Waals surface area (Å²) in [7, 11) is 0. The maximum atomic E-state index is 9.60. The predicted octanol–water partition coefficient (Wildman–Crippen LogP) is 3.19. The normalized spacial score (nSPS) is 12.8. The first-order valence-corrected chi connectivity index (χ1v) is 6.54. The molecule has 0 fully saturated rings. The first kappa shape index (κ1) is 14.6. The van der Waals surface area contributed by atoms with Crippen LogP contribution < -0.4 is 10.1 Å². The number of hydrogen-bond acceptors (Lipinski definition) is 3. The van der Waals surface area contributed by atoms with Crippen molar-refractivity contribution in [2.75, 3.05) is 13.2 Å². The van der Waals surface area contributed by atoms with E-state index in [1.807, 2.05) is 25.1 Å². The van der Waals surface area contributed by atoms with Crippen molar-refractivity contribution in [3.8, 4) is 11.5 Å². The molecule has 1 aromatic rings. The van der Waals surface area contributed by atoms with Gasteiger partial charge in [0.25, 0.3) is 0 Å². The highest BCUT2D eigenvalue weighted by atomic mass is 16.5. The summed E-state index contributed by atoms with van der Waals surface area (Å²) in [4.78, 5) is 0. The molecule has 100 valence electrons. The van der Waals surface area contributed by atoms with Crippen molar-refractivity contribution in [3.63, 3.8) is 0 Å². The standard InChI is InChI=1S/C15H23NO2/c1-4-10-16-12(3)6-7-13-8-9-14(17)15(11-13)18-5-2/h6-9,11-12,16-17H,4-5,10H2,1-3H3/b7-6+. The van der Waals surface area contributed by atoms with E-state index in [2.05, 4.69) is 25.2 Å². The van der Waals surface area contributed by atoms with E-state index in [1.54, 1.807) is 6.07 Å². The average molecular weight is 249 g/mol. The van der Waals surface area contributed by atoms with Crippen molar-refractivity contribution in [1.82, 2.24) is 5.32 Å². The van der Waals surface area contributed by atoms with Crippen LogP contribution in [0.1, 0.15) is 32.8 Å². The highest BCUT2D eigenvalue weighted by Crippen LogP contribution is 2.27. The lowest BCUT2D eigenvalue weighted by Gasteiger charge is -2.08. The first-order valence-electron chi connectivity index (χ1n) is 6.54. The van der Waals surface area contributed by atoms with Crippen molar-refractivity contribution in [1.29, 1.82) is 0 Å². The second-order valence-corrected chi connectivity index (χ2v) is 4.26. The molecule has 0 amide bonds. The molecule has 18 heavy (non-hydrogen) atoms. The van der Waals surface area contributed by atoms with Gasteiger partial charge in [-0.1, -0.05) is 25.1 Å². The van der Waals surface area contributed by atoms with Crippen LogP contribution in [0.2, 0.25) is 0 Å². The van der Waals surface area contributed by atoms with Crippen LogP contribution in [0.5, 0.6) is 11.5 Å². The fourth-order valence-electron chi connectivity index (χ4n) is 1.60. The van der Waals surface area contributed by atoms with Crippen LogP contribution in [0.15, 0.2) is 24.3 Å². The molecule has 0 aliphatic carbocycles. The SMILES string of the molecule is CCCNC(C)/C=C/c1ccc(O)c(OCC)c1. The fraction of sp³-hybridized carbons (Fsp3) is 0.467. The van der Waals surface area contributed by atoms with Gasteiger partial charge in [-0.2, -0.15) is 0 Å². The Bertz CT molecular complexity index is 388. The molecular formula is C15H23NO2. The second kappa shape index (κ2) is 7.77. The zero-order valence-corrected chi connectivity index (χ0v) is 11.4. The summed E-state index contributed by atoms with van der Waals surface area (Å²) < 4.78 is 5.35. The Hall–Kier alpha value is -1.48. The zero-order valence-electron chi connectivity index (χ0n) is 11.4. The van der Waals surface area contributed by atoms with Gasteiger partial charge in [0, 0.05) is 6.04 Å². The van der Waals surface area contributed by atoms with Gasteiger partial charge < -0.3 is 15.2 Å². The van der Waals surface area contributed by atoms with Gasteiger partial charge in [0.05, 0.1) is 6.61 Å². The Balaban J connectivity index is 2.66. The number of hydrogen-bond donors (Lipinski definition) is 2. The molecule has 1 atom stereocenters. The third kappa shape index (κ3) is 4.80. The van der Waals surface area contributed by atoms with Gasteiger partial charge in [0.1, 0.15) is 0 Å². The average Bonchev–Trinajstić information content (AvgIpc) is 2.37. The van der Waals surface area contributed by atoms with Crippen molar-refractivity contribution < 1.29 is 9.84 Å². The Morgan fingerprint density at radius 3 is 2.83 bits per heavy atom. The Kier molecular flexibility index (Phi) is 6.29. The van der Waals surface area contributed by atoms with Crippen LogP contribution in [0, 0.1) is 0 Å². The number of benzene rings is 1. The molecule has 0 bridgehead atoms. The van der Waals surface area contributed by atoms with Crippen molar-refractivity contribution in [3.05, 3.63) is 29.8 Å². The van der Waals surface area contributed by atoms with Gasteiger partial charge in [-0.25, -0.2) is 0 Å². The molecule has 0 heterocycles. The maximum Gasteiger partial charge on any atom is 0.161 e. The lowest BCUT2D eigenvalue weighted by molar-refractivity contribution is 0.318. The highest BCUT2D eigenvalue weighted by Gasteiger charge is 2.02. The van der Waals surface area contributed by atoms with Crippen LogP contribution in [0.25, 0.3) is 6.08 Å².